The number of rotatable bonds is 5. The molecule has 5 nitrogen and oxygen atoms in total. The monoisotopic (exact) mass is 377 g/mol. The number of carbonyl (C=O) groups is 2. The molecule has 1 N–H and O–H groups in total. The number of carbonyl (C=O) groups excluding carboxylic acids is 2. The molecular weight excluding hydrogens is 358 g/mol. The highest BCUT2D eigenvalue weighted by atomic mass is 32.1. The summed E-state index contributed by atoms with van der Waals surface area (Å²) in [4.78, 5) is 30.7. The van der Waals surface area contributed by atoms with Gasteiger partial charge in [-0.3, -0.25) is 14.9 Å². The Morgan fingerprint density at radius 1 is 1.15 bits per heavy atom. The van der Waals surface area contributed by atoms with Crippen LogP contribution < -0.4 is 5.32 Å². The molecule has 0 unspecified atom stereocenters. The molecule has 0 aliphatic carbocycles. The average Bonchev–Trinajstić information content (AvgIpc) is 3.32. The summed E-state index contributed by atoms with van der Waals surface area (Å²) in [5, 5.41) is 5.37. The highest BCUT2D eigenvalue weighted by Gasteiger charge is 2.20. The summed E-state index contributed by atoms with van der Waals surface area (Å²) in [5.74, 6) is -0.0142. The first-order valence-corrected chi connectivity index (χ1v) is 9.76. The van der Waals surface area contributed by atoms with Crippen molar-refractivity contribution in [2.75, 3.05) is 11.9 Å². The van der Waals surface area contributed by atoms with Crippen LogP contribution in [0.4, 0.5) is 5.13 Å². The van der Waals surface area contributed by atoms with Gasteiger partial charge in [0.1, 0.15) is 0 Å². The largest absolute Gasteiger partial charge is 0.338 e. The summed E-state index contributed by atoms with van der Waals surface area (Å²) in [6.07, 6.45) is 1.53. The first-order valence-electron chi connectivity index (χ1n) is 8.88. The minimum atomic E-state index is -0.196. The maximum atomic E-state index is 12.6. The molecule has 2 heterocycles. The Bertz CT molecular complexity index is 968. The van der Waals surface area contributed by atoms with Gasteiger partial charge in [0.05, 0.1) is 5.69 Å². The normalized spacial score (nSPS) is 13.8. The molecule has 136 valence electrons. The Morgan fingerprint density at radius 3 is 2.78 bits per heavy atom. The van der Waals surface area contributed by atoms with E-state index in [4.69, 9.17) is 0 Å². The molecule has 2 aromatic carbocycles. The van der Waals surface area contributed by atoms with Crippen LogP contribution in [0.1, 0.15) is 28.8 Å². The molecule has 6 heteroatoms. The van der Waals surface area contributed by atoms with Crippen molar-refractivity contribution in [3.8, 4) is 11.3 Å². The van der Waals surface area contributed by atoms with Crippen molar-refractivity contribution in [2.45, 2.75) is 19.4 Å². The fourth-order valence-corrected chi connectivity index (χ4v) is 3.86. The van der Waals surface area contributed by atoms with E-state index < -0.39 is 0 Å². The van der Waals surface area contributed by atoms with Crippen molar-refractivity contribution in [1.29, 1.82) is 0 Å². The van der Waals surface area contributed by atoms with Gasteiger partial charge in [0.15, 0.2) is 5.13 Å². The second-order valence-corrected chi connectivity index (χ2v) is 7.34. The summed E-state index contributed by atoms with van der Waals surface area (Å²) in [6.45, 7) is 1.34. The second kappa shape index (κ2) is 7.72. The zero-order valence-corrected chi connectivity index (χ0v) is 15.5. The molecule has 27 heavy (non-hydrogen) atoms. The molecule has 0 bridgehead atoms. The molecule has 1 saturated heterocycles. The number of benzene rings is 2. The fraction of sp³-hybridized carbons (Fsp3) is 0.190. The van der Waals surface area contributed by atoms with Crippen LogP contribution in [0.25, 0.3) is 11.3 Å². The van der Waals surface area contributed by atoms with Crippen molar-refractivity contribution < 1.29 is 9.59 Å². The van der Waals surface area contributed by atoms with Gasteiger partial charge in [0, 0.05) is 36.0 Å². The van der Waals surface area contributed by atoms with E-state index in [9.17, 15) is 9.59 Å². The molecule has 1 aliphatic rings. The molecule has 1 fully saturated rings. The predicted molar refractivity (Wildman–Crippen MR) is 107 cm³/mol. The molecule has 1 aliphatic heterocycles. The number of thiazole rings is 1. The van der Waals surface area contributed by atoms with Gasteiger partial charge in [0.25, 0.3) is 5.91 Å². The molecular formula is C21H19N3O2S. The van der Waals surface area contributed by atoms with Crippen LogP contribution in [0.5, 0.6) is 0 Å². The molecule has 0 spiro atoms. The molecule has 0 saturated carbocycles. The maximum absolute atomic E-state index is 12.6. The summed E-state index contributed by atoms with van der Waals surface area (Å²) in [6, 6.07) is 17.3. The number of hydrogen-bond acceptors (Lipinski definition) is 4. The number of amides is 2. The second-order valence-electron chi connectivity index (χ2n) is 6.48. The Kier molecular flexibility index (Phi) is 4.98. The highest BCUT2D eigenvalue weighted by molar-refractivity contribution is 7.14. The fourth-order valence-electron chi connectivity index (χ4n) is 3.14. The number of hydrogen-bond donors (Lipinski definition) is 1. The van der Waals surface area contributed by atoms with Gasteiger partial charge in [0.2, 0.25) is 5.91 Å². The minimum Gasteiger partial charge on any atom is -0.338 e. The first kappa shape index (κ1) is 17.4. The molecule has 0 radical (unpaired) electrons. The van der Waals surface area contributed by atoms with E-state index in [1.54, 1.807) is 6.07 Å². The van der Waals surface area contributed by atoms with Crippen molar-refractivity contribution >= 4 is 28.3 Å². The molecule has 4 rings (SSSR count). The number of anilines is 1. The Morgan fingerprint density at radius 2 is 2.00 bits per heavy atom. The number of nitrogens with zero attached hydrogens (tertiary/aromatic N) is 2. The van der Waals surface area contributed by atoms with Gasteiger partial charge in [-0.1, -0.05) is 42.5 Å². The lowest BCUT2D eigenvalue weighted by Gasteiger charge is -2.15. The third kappa shape index (κ3) is 4.06. The Hall–Kier alpha value is -2.99. The lowest BCUT2D eigenvalue weighted by molar-refractivity contribution is -0.128. The highest BCUT2D eigenvalue weighted by Crippen LogP contribution is 2.25. The number of aromatic nitrogens is 1. The Labute approximate surface area is 161 Å². The van der Waals surface area contributed by atoms with E-state index >= 15 is 0 Å². The van der Waals surface area contributed by atoms with E-state index in [1.165, 1.54) is 11.3 Å². The van der Waals surface area contributed by atoms with Crippen LogP contribution in [0.3, 0.4) is 0 Å². The third-order valence-electron chi connectivity index (χ3n) is 4.53. The quantitative estimate of drug-likeness (QED) is 0.725. The van der Waals surface area contributed by atoms with E-state index in [2.05, 4.69) is 10.3 Å². The van der Waals surface area contributed by atoms with Crippen LogP contribution in [-0.4, -0.2) is 28.2 Å². The van der Waals surface area contributed by atoms with Crippen LogP contribution in [-0.2, 0) is 11.3 Å². The summed E-state index contributed by atoms with van der Waals surface area (Å²) in [5.41, 5.74) is 3.39. The van der Waals surface area contributed by atoms with Crippen molar-refractivity contribution in [3.63, 3.8) is 0 Å². The summed E-state index contributed by atoms with van der Waals surface area (Å²) < 4.78 is 0. The van der Waals surface area contributed by atoms with Gasteiger partial charge in [-0.2, -0.15) is 0 Å². The number of likely N-dealkylation sites (tertiary alicyclic amines) is 1. The van der Waals surface area contributed by atoms with Crippen molar-refractivity contribution in [1.82, 2.24) is 9.88 Å². The van der Waals surface area contributed by atoms with Gasteiger partial charge < -0.3 is 4.90 Å². The zero-order valence-electron chi connectivity index (χ0n) is 14.7. The van der Waals surface area contributed by atoms with Gasteiger partial charge in [-0.25, -0.2) is 4.98 Å². The van der Waals surface area contributed by atoms with E-state index in [1.807, 2.05) is 58.8 Å². The van der Waals surface area contributed by atoms with Crippen LogP contribution in [0, 0.1) is 0 Å². The van der Waals surface area contributed by atoms with E-state index in [0.717, 1.165) is 29.8 Å². The van der Waals surface area contributed by atoms with Crippen LogP contribution in [0.2, 0.25) is 0 Å². The van der Waals surface area contributed by atoms with Crippen molar-refractivity contribution in [3.05, 3.63) is 71.1 Å². The summed E-state index contributed by atoms with van der Waals surface area (Å²) >= 11 is 1.40. The van der Waals surface area contributed by atoms with Crippen molar-refractivity contribution in [2.24, 2.45) is 0 Å². The van der Waals surface area contributed by atoms with Crippen LogP contribution >= 0.6 is 11.3 Å². The lowest BCUT2D eigenvalue weighted by Crippen LogP contribution is -2.24. The maximum Gasteiger partial charge on any atom is 0.257 e. The number of nitrogens with one attached hydrogen (secondary N) is 1. The minimum absolute atomic E-state index is 0.182. The lowest BCUT2D eigenvalue weighted by atomic mass is 10.1. The standard InChI is InChI=1S/C21H19N3O2S/c25-19-10-5-11-24(19)13-15-6-4-9-17(12-15)20(26)23-21-22-18(14-27-21)16-7-2-1-3-8-16/h1-4,6-9,12,14H,5,10-11,13H2,(H,22,23,26). The topological polar surface area (TPSA) is 62.3 Å². The smallest absolute Gasteiger partial charge is 0.257 e. The molecule has 0 atom stereocenters. The zero-order chi connectivity index (χ0) is 18.6. The predicted octanol–water partition coefficient (Wildman–Crippen LogP) is 4.18. The molecule has 1 aromatic heterocycles. The van der Waals surface area contributed by atoms with Gasteiger partial charge >= 0.3 is 0 Å². The van der Waals surface area contributed by atoms with Gasteiger partial charge in [-0.15, -0.1) is 11.3 Å². The summed E-state index contributed by atoms with van der Waals surface area (Å²) in [7, 11) is 0. The van der Waals surface area contributed by atoms with Crippen LogP contribution in [0.15, 0.2) is 60.0 Å². The first-order chi connectivity index (χ1) is 13.2. The van der Waals surface area contributed by atoms with E-state index in [-0.39, 0.29) is 11.8 Å². The third-order valence-corrected chi connectivity index (χ3v) is 5.29. The molecule has 2 amide bonds. The van der Waals surface area contributed by atoms with E-state index in [0.29, 0.717) is 23.7 Å². The van der Waals surface area contributed by atoms with Gasteiger partial charge in [-0.05, 0) is 24.1 Å². The molecule has 3 aromatic rings. The SMILES string of the molecule is O=C(Nc1nc(-c2ccccc2)cs1)c1cccc(CN2CCCC2=O)c1. The average molecular weight is 377 g/mol. The Balaban J connectivity index is 1.45.